The molecule has 0 saturated carbocycles. The number of sulfone groups is 1. The number of benzene rings is 1. The van der Waals surface area contributed by atoms with Crippen LogP contribution < -0.4 is 15.4 Å². The van der Waals surface area contributed by atoms with Gasteiger partial charge in [-0.05, 0) is 43.3 Å². The van der Waals surface area contributed by atoms with Crippen molar-refractivity contribution in [2.24, 2.45) is 0 Å². The van der Waals surface area contributed by atoms with E-state index in [1.54, 1.807) is 24.9 Å². The molecule has 1 aliphatic heterocycles. The summed E-state index contributed by atoms with van der Waals surface area (Å²) < 4.78 is 29.0. The fourth-order valence-corrected chi connectivity index (χ4v) is 5.19. The first kappa shape index (κ1) is 22.2. The molecule has 1 amide bonds. The number of amides is 1. The average Bonchev–Trinajstić information content (AvgIpc) is 3.18. The molecule has 0 saturated heterocycles. The predicted molar refractivity (Wildman–Crippen MR) is 126 cm³/mol. The third-order valence-corrected chi connectivity index (χ3v) is 7.50. The quantitative estimate of drug-likeness (QED) is 0.504. The number of fused-ring (bicyclic) bond motifs is 1. The van der Waals surface area contributed by atoms with Crippen LogP contribution in [0.3, 0.4) is 0 Å². The van der Waals surface area contributed by atoms with E-state index >= 15 is 0 Å². The minimum absolute atomic E-state index is 0.00698. The van der Waals surface area contributed by atoms with E-state index in [9.17, 15) is 13.2 Å². The van der Waals surface area contributed by atoms with Crippen molar-refractivity contribution in [1.29, 1.82) is 0 Å². The lowest BCUT2D eigenvalue weighted by Gasteiger charge is -2.26. The highest BCUT2D eigenvalue weighted by Gasteiger charge is 2.23. The number of rotatable bonds is 6. The summed E-state index contributed by atoms with van der Waals surface area (Å²) in [7, 11) is -1.70. The molecule has 8 nitrogen and oxygen atoms in total. The van der Waals surface area contributed by atoms with E-state index in [1.165, 1.54) is 12.3 Å². The molecule has 0 bridgehead atoms. The minimum atomic E-state index is -3.35. The molecule has 1 unspecified atom stereocenters. The van der Waals surface area contributed by atoms with Crippen LogP contribution in [0.4, 0.5) is 0 Å². The van der Waals surface area contributed by atoms with Crippen molar-refractivity contribution in [3.8, 4) is 11.5 Å². The van der Waals surface area contributed by atoms with Gasteiger partial charge in [-0.25, -0.2) is 13.4 Å². The Morgan fingerprint density at radius 3 is 2.72 bits per heavy atom. The van der Waals surface area contributed by atoms with E-state index < -0.39 is 9.84 Å². The Balaban J connectivity index is 1.54. The van der Waals surface area contributed by atoms with Crippen LogP contribution in [0.2, 0.25) is 0 Å². The zero-order valence-electron chi connectivity index (χ0n) is 17.9. The van der Waals surface area contributed by atoms with E-state index in [-0.39, 0.29) is 16.2 Å². The summed E-state index contributed by atoms with van der Waals surface area (Å²) in [5, 5.41) is 7.22. The molecule has 168 valence electrons. The standard InChI is InChI=1S/C22H24N4O4S2/c1-13-22(31-17(12-24-13)10-20(27)23-2)19-9-14-8-15(4-6-18(14)26-19)30-16-5-7-21(25-11-16)32(3,28)29/h4-9,11,17,24,26H,10,12H2,1-3H3,(H,23,27). The number of nitrogens with one attached hydrogen (secondary N) is 3. The third kappa shape index (κ3) is 4.91. The number of aromatic amines is 1. The fraction of sp³-hybridized carbons (Fsp3) is 0.273. The zero-order chi connectivity index (χ0) is 22.9. The Morgan fingerprint density at radius 1 is 1.25 bits per heavy atom. The predicted octanol–water partition coefficient (Wildman–Crippen LogP) is 3.29. The van der Waals surface area contributed by atoms with Crippen LogP contribution >= 0.6 is 11.8 Å². The molecule has 4 rings (SSSR count). The van der Waals surface area contributed by atoms with Gasteiger partial charge in [-0.3, -0.25) is 4.79 Å². The average molecular weight is 473 g/mol. The summed E-state index contributed by atoms with van der Waals surface area (Å²) in [5.41, 5.74) is 3.02. The van der Waals surface area contributed by atoms with E-state index in [1.807, 2.05) is 25.1 Å². The van der Waals surface area contributed by atoms with Gasteiger partial charge in [0, 0.05) is 53.0 Å². The number of thioether (sulfide) groups is 1. The van der Waals surface area contributed by atoms with Gasteiger partial charge in [-0.1, -0.05) is 0 Å². The molecule has 10 heteroatoms. The van der Waals surface area contributed by atoms with Crippen molar-refractivity contribution in [1.82, 2.24) is 20.6 Å². The number of H-pyrrole nitrogens is 1. The minimum Gasteiger partial charge on any atom is -0.456 e. The van der Waals surface area contributed by atoms with Crippen molar-refractivity contribution in [2.45, 2.75) is 23.6 Å². The summed E-state index contributed by atoms with van der Waals surface area (Å²) in [5.74, 6) is 1.10. The van der Waals surface area contributed by atoms with Gasteiger partial charge in [0.1, 0.15) is 11.5 Å². The monoisotopic (exact) mass is 472 g/mol. The number of allylic oxidation sites excluding steroid dienone is 1. The van der Waals surface area contributed by atoms with Crippen LogP contribution in [-0.2, 0) is 14.6 Å². The summed E-state index contributed by atoms with van der Waals surface area (Å²) in [4.78, 5) is 20.3. The molecule has 3 aromatic rings. The van der Waals surface area contributed by atoms with Crippen molar-refractivity contribution in [2.75, 3.05) is 19.8 Å². The highest BCUT2D eigenvalue weighted by Crippen LogP contribution is 2.38. The smallest absolute Gasteiger partial charge is 0.220 e. The zero-order valence-corrected chi connectivity index (χ0v) is 19.6. The first-order valence-electron chi connectivity index (χ1n) is 10.0. The largest absolute Gasteiger partial charge is 0.456 e. The molecule has 3 N–H and O–H groups in total. The van der Waals surface area contributed by atoms with Gasteiger partial charge >= 0.3 is 0 Å². The van der Waals surface area contributed by atoms with Gasteiger partial charge in [0.05, 0.1) is 11.9 Å². The molecule has 3 heterocycles. The summed E-state index contributed by atoms with van der Waals surface area (Å²) in [6.45, 7) is 2.78. The third-order valence-electron chi connectivity index (χ3n) is 5.07. The molecule has 2 aromatic heterocycles. The van der Waals surface area contributed by atoms with Gasteiger partial charge in [-0.2, -0.15) is 0 Å². The second-order valence-electron chi connectivity index (χ2n) is 7.59. The van der Waals surface area contributed by atoms with Gasteiger partial charge in [-0.15, -0.1) is 11.8 Å². The van der Waals surface area contributed by atoms with Crippen molar-refractivity contribution >= 4 is 43.3 Å². The Morgan fingerprint density at radius 2 is 2.03 bits per heavy atom. The summed E-state index contributed by atoms with van der Waals surface area (Å²) in [6.07, 6.45) is 2.97. The van der Waals surface area contributed by atoms with E-state index in [4.69, 9.17) is 4.74 Å². The van der Waals surface area contributed by atoms with Gasteiger partial charge in [0.15, 0.2) is 14.9 Å². The SMILES string of the molecule is CNC(=O)CC1CNC(C)=C(c2cc3cc(Oc4ccc(S(C)(=O)=O)nc4)ccc3[nH]2)S1. The molecule has 32 heavy (non-hydrogen) atoms. The van der Waals surface area contributed by atoms with Gasteiger partial charge < -0.3 is 20.4 Å². The molecular weight excluding hydrogens is 448 g/mol. The molecule has 1 aromatic carbocycles. The number of nitrogens with zero attached hydrogens (tertiary/aromatic N) is 1. The number of hydrogen-bond donors (Lipinski definition) is 3. The molecule has 0 aliphatic carbocycles. The Labute approximate surface area is 190 Å². The lowest BCUT2D eigenvalue weighted by Crippen LogP contribution is -2.32. The normalized spacial score (nSPS) is 16.7. The maximum absolute atomic E-state index is 11.8. The second-order valence-corrected chi connectivity index (χ2v) is 10.9. The maximum Gasteiger partial charge on any atom is 0.220 e. The maximum atomic E-state index is 11.8. The van der Waals surface area contributed by atoms with Gasteiger partial charge in [0.25, 0.3) is 0 Å². The molecule has 1 aliphatic rings. The van der Waals surface area contributed by atoms with E-state index in [0.29, 0.717) is 17.9 Å². The number of hydrogen-bond acceptors (Lipinski definition) is 7. The van der Waals surface area contributed by atoms with Crippen molar-refractivity contribution < 1.29 is 17.9 Å². The van der Waals surface area contributed by atoms with E-state index in [2.05, 4.69) is 26.7 Å². The highest BCUT2D eigenvalue weighted by atomic mass is 32.2. The molecule has 0 radical (unpaired) electrons. The Kier molecular flexibility index (Phi) is 6.16. The number of aromatic nitrogens is 2. The highest BCUT2D eigenvalue weighted by molar-refractivity contribution is 8.09. The molecule has 0 fully saturated rings. The second kappa shape index (κ2) is 8.87. The van der Waals surface area contributed by atoms with Crippen LogP contribution in [0.25, 0.3) is 15.8 Å². The molecular formula is C22H24N4O4S2. The summed E-state index contributed by atoms with van der Waals surface area (Å²) >= 11 is 1.70. The number of carbonyl (C=O) groups excluding carboxylic acids is 1. The topological polar surface area (TPSA) is 113 Å². The first-order valence-corrected chi connectivity index (χ1v) is 12.8. The Bertz CT molecular complexity index is 1300. The fourth-order valence-electron chi connectivity index (χ4n) is 3.41. The molecule has 1 atom stereocenters. The van der Waals surface area contributed by atoms with Crippen LogP contribution in [0.5, 0.6) is 11.5 Å². The van der Waals surface area contributed by atoms with Crippen LogP contribution in [0, 0.1) is 0 Å². The number of pyridine rings is 1. The Hall–Kier alpha value is -2.98. The summed E-state index contributed by atoms with van der Waals surface area (Å²) in [6, 6.07) is 10.8. The van der Waals surface area contributed by atoms with Crippen LogP contribution in [0.1, 0.15) is 19.0 Å². The lowest BCUT2D eigenvalue weighted by molar-refractivity contribution is -0.120. The number of carbonyl (C=O) groups is 1. The van der Waals surface area contributed by atoms with Crippen LogP contribution in [0.15, 0.2) is 53.3 Å². The van der Waals surface area contributed by atoms with Gasteiger partial charge in [0.2, 0.25) is 5.91 Å². The first-order chi connectivity index (χ1) is 15.2. The molecule has 0 spiro atoms. The van der Waals surface area contributed by atoms with Crippen molar-refractivity contribution in [3.05, 3.63) is 54.0 Å². The number of ether oxygens (including phenoxy) is 1. The van der Waals surface area contributed by atoms with E-state index in [0.717, 1.165) is 40.0 Å². The van der Waals surface area contributed by atoms with Crippen LogP contribution in [-0.4, -0.2) is 49.4 Å². The van der Waals surface area contributed by atoms with Crippen molar-refractivity contribution in [3.63, 3.8) is 0 Å². The lowest BCUT2D eigenvalue weighted by atomic mass is 10.2.